The van der Waals surface area contributed by atoms with Crippen LogP contribution in [0, 0.1) is 12.3 Å². The van der Waals surface area contributed by atoms with Gasteiger partial charge in [-0.3, -0.25) is 9.69 Å². The quantitative estimate of drug-likeness (QED) is 0.677. The average molecular weight is 212 g/mol. The summed E-state index contributed by atoms with van der Waals surface area (Å²) in [6.45, 7) is 3.95. The first-order chi connectivity index (χ1) is 6.74. The lowest BCUT2D eigenvalue weighted by atomic mass is 10.3. The number of hydrogen-bond acceptors (Lipinski definition) is 3. The average Bonchev–Trinajstić information content (AvgIpc) is 2.18. The molecule has 0 aromatic rings. The van der Waals surface area contributed by atoms with Crippen molar-refractivity contribution in [2.45, 2.75) is 13.0 Å². The van der Waals surface area contributed by atoms with Crippen LogP contribution in [0.1, 0.15) is 6.92 Å². The van der Waals surface area contributed by atoms with Gasteiger partial charge in [0.2, 0.25) is 5.91 Å². The van der Waals surface area contributed by atoms with E-state index in [2.05, 4.69) is 23.1 Å². The van der Waals surface area contributed by atoms with Gasteiger partial charge >= 0.3 is 0 Å². The number of amides is 1. The SMILES string of the molecule is C#CCNC(=O)CN1CCSCC1C. The molecule has 0 aromatic heterocycles. The highest BCUT2D eigenvalue weighted by molar-refractivity contribution is 7.99. The maximum absolute atomic E-state index is 11.4. The smallest absolute Gasteiger partial charge is 0.234 e. The summed E-state index contributed by atoms with van der Waals surface area (Å²) in [5.74, 6) is 4.65. The van der Waals surface area contributed by atoms with Crippen molar-refractivity contribution in [2.24, 2.45) is 0 Å². The van der Waals surface area contributed by atoms with Gasteiger partial charge in [0.1, 0.15) is 0 Å². The van der Waals surface area contributed by atoms with Crippen LogP contribution >= 0.6 is 11.8 Å². The van der Waals surface area contributed by atoms with Crippen LogP contribution in [0.4, 0.5) is 0 Å². The lowest BCUT2D eigenvalue weighted by Crippen LogP contribution is -2.46. The van der Waals surface area contributed by atoms with Gasteiger partial charge in [-0.05, 0) is 6.92 Å². The van der Waals surface area contributed by atoms with Crippen LogP contribution in [0.5, 0.6) is 0 Å². The molecule has 1 heterocycles. The van der Waals surface area contributed by atoms with Gasteiger partial charge in [0.15, 0.2) is 0 Å². The highest BCUT2D eigenvalue weighted by Gasteiger charge is 2.20. The zero-order chi connectivity index (χ0) is 10.4. The normalized spacial score (nSPS) is 22.7. The number of carbonyl (C=O) groups excluding carboxylic acids is 1. The topological polar surface area (TPSA) is 32.3 Å². The summed E-state index contributed by atoms with van der Waals surface area (Å²) in [4.78, 5) is 13.6. The first-order valence-corrected chi connectivity index (χ1v) is 5.91. The number of nitrogens with one attached hydrogen (secondary N) is 1. The first kappa shape index (κ1) is 11.4. The maximum atomic E-state index is 11.4. The second-order valence-corrected chi connectivity index (χ2v) is 4.53. The predicted molar refractivity (Wildman–Crippen MR) is 60.2 cm³/mol. The summed E-state index contributed by atoms with van der Waals surface area (Å²) >= 11 is 1.95. The second kappa shape index (κ2) is 5.94. The van der Waals surface area contributed by atoms with E-state index in [1.54, 1.807) is 0 Å². The zero-order valence-corrected chi connectivity index (χ0v) is 9.27. The third kappa shape index (κ3) is 3.60. The van der Waals surface area contributed by atoms with E-state index < -0.39 is 0 Å². The molecule has 0 spiro atoms. The van der Waals surface area contributed by atoms with Crippen LogP contribution in [-0.2, 0) is 4.79 Å². The number of terminal acetylenes is 1. The fourth-order valence-corrected chi connectivity index (χ4v) is 2.47. The van der Waals surface area contributed by atoms with Crippen molar-refractivity contribution in [1.82, 2.24) is 10.2 Å². The Morgan fingerprint density at radius 1 is 1.79 bits per heavy atom. The van der Waals surface area contributed by atoms with Gasteiger partial charge in [-0.1, -0.05) is 5.92 Å². The van der Waals surface area contributed by atoms with E-state index in [-0.39, 0.29) is 5.91 Å². The van der Waals surface area contributed by atoms with Crippen LogP contribution in [0.15, 0.2) is 0 Å². The lowest BCUT2D eigenvalue weighted by molar-refractivity contribution is -0.122. The van der Waals surface area contributed by atoms with Gasteiger partial charge in [0.05, 0.1) is 13.1 Å². The number of thioether (sulfide) groups is 1. The van der Waals surface area contributed by atoms with E-state index in [0.717, 1.165) is 18.1 Å². The molecule has 4 heteroatoms. The van der Waals surface area contributed by atoms with Gasteiger partial charge in [-0.15, -0.1) is 6.42 Å². The van der Waals surface area contributed by atoms with Crippen molar-refractivity contribution in [1.29, 1.82) is 0 Å². The van der Waals surface area contributed by atoms with Crippen molar-refractivity contribution < 1.29 is 4.79 Å². The molecule has 1 rings (SSSR count). The van der Waals surface area contributed by atoms with Gasteiger partial charge in [-0.2, -0.15) is 11.8 Å². The predicted octanol–water partition coefficient (Wildman–Crippen LogP) is 0.173. The summed E-state index contributed by atoms with van der Waals surface area (Å²) in [6, 6.07) is 0.491. The zero-order valence-electron chi connectivity index (χ0n) is 8.45. The molecule has 1 aliphatic heterocycles. The molecule has 1 unspecified atom stereocenters. The summed E-state index contributed by atoms with van der Waals surface area (Å²) < 4.78 is 0. The van der Waals surface area contributed by atoms with Crippen LogP contribution in [0.3, 0.4) is 0 Å². The van der Waals surface area contributed by atoms with Crippen molar-refractivity contribution in [3.8, 4) is 12.3 Å². The van der Waals surface area contributed by atoms with E-state index in [1.807, 2.05) is 11.8 Å². The molecule has 1 aliphatic rings. The number of nitrogens with zero attached hydrogens (tertiary/aromatic N) is 1. The Bertz CT molecular complexity index is 237. The highest BCUT2D eigenvalue weighted by Crippen LogP contribution is 2.14. The molecule has 3 nitrogen and oxygen atoms in total. The molecule has 1 amide bonds. The molecule has 1 N–H and O–H groups in total. The van der Waals surface area contributed by atoms with E-state index in [0.29, 0.717) is 19.1 Å². The Morgan fingerprint density at radius 3 is 3.21 bits per heavy atom. The fourth-order valence-electron chi connectivity index (χ4n) is 1.39. The third-order valence-electron chi connectivity index (χ3n) is 2.24. The van der Waals surface area contributed by atoms with Crippen molar-refractivity contribution >= 4 is 17.7 Å². The standard InChI is InChI=1S/C10H16N2OS/c1-3-4-11-10(13)7-12-5-6-14-8-9(12)2/h1,9H,4-8H2,2H3,(H,11,13). The molecular formula is C10H16N2OS. The second-order valence-electron chi connectivity index (χ2n) is 3.38. The summed E-state index contributed by atoms with van der Waals surface area (Å²) in [6.07, 6.45) is 5.06. The van der Waals surface area contributed by atoms with Gasteiger partial charge in [0.25, 0.3) is 0 Å². The third-order valence-corrected chi connectivity index (χ3v) is 3.43. The number of rotatable bonds is 3. The summed E-state index contributed by atoms with van der Waals surface area (Å²) in [7, 11) is 0. The minimum absolute atomic E-state index is 0.0294. The molecule has 0 aromatic carbocycles. The van der Waals surface area contributed by atoms with E-state index in [4.69, 9.17) is 6.42 Å². The molecule has 1 saturated heterocycles. The molecule has 0 aliphatic carbocycles. The summed E-state index contributed by atoms with van der Waals surface area (Å²) in [5.41, 5.74) is 0. The van der Waals surface area contributed by atoms with Gasteiger partial charge < -0.3 is 5.32 Å². The lowest BCUT2D eigenvalue weighted by Gasteiger charge is -2.32. The minimum Gasteiger partial charge on any atom is -0.344 e. The Kier molecular flexibility index (Phi) is 4.85. The highest BCUT2D eigenvalue weighted by atomic mass is 32.2. The molecule has 0 saturated carbocycles. The molecule has 0 bridgehead atoms. The van der Waals surface area contributed by atoms with Gasteiger partial charge in [-0.25, -0.2) is 0 Å². The first-order valence-electron chi connectivity index (χ1n) is 4.76. The van der Waals surface area contributed by atoms with Crippen LogP contribution in [0.25, 0.3) is 0 Å². The Balaban J connectivity index is 2.28. The van der Waals surface area contributed by atoms with Crippen LogP contribution in [0.2, 0.25) is 0 Å². The van der Waals surface area contributed by atoms with Crippen molar-refractivity contribution in [3.05, 3.63) is 0 Å². The number of carbonyl (C=O) groups is 1. The van der Waals surface area contributed by atoms with E-state index >= 15 is 0 Å². The Labute approximate surface area is 89.6 Å². The van der Waals surface area contributed by atoms with Crippen LogP contribution < -0.4 is 5.32 Å². The van der Waals surface area contributed by atoms with Crippen molar-refractivity contribution in [2.75, 3.05) is 31.1 Å². The molecule has 1 atom stereocenters. The number of hydrogen-bond donors (Lipinski definition) is 1. The van der Waals surface area contributed by atoms with Gasteiger partial charge in [0, 0.05) is 24.1 Å². The summed E-state index contributed by atoms with van der Waals surface area (Å²) in [5, 5.41) is 2.68. The molecule has 0 radical (unpaired) electrons. The van der Waals surface area contributed by atoms with Crippen LogP contribution in [-0.4, -0.2) is 48.0 Å². The molecule has 14 heavy (non-hydrogen) atoms. The molecular weight excluding hydrogens is 196 g/mol. The maximum Gasteiger partial charge on any atom is 0.234 e. The van der Waals surface area contributed by atoms with Crippen molar-refractivity contribution in [3.63, 3.8) is 0 Å². The monoisotopic (exact) mass is 212 g/mol. The minimum atomic E-state index is 0.0294. The van der Waals surface area contributed by atoms with E-state index in [1.165, 1.54) is 0 Å². The fraction of sp³-hybridized carbons (Fsp3) is 0.700. The molecule has 78 valence electrons. The van der Waals surface area contributed by atoms with E-state index in [9.17, 15) is 4.79 Å². The largest absolute Gasteiger partial charge is 0.344 e. The Morgan fingerprint density at radius 2 is 2.57 bits per heavy atom. The Hall–Kier alpha value is -0.660. The molecule has 1 fully saturated rings.